The van der Waals surface area contributed by atoms with E-state index >= 15 is 0 Å². The summed E-state index contributed by atoms with van der Waals surface area (Å²) in [5.41, 5.74) is 0. The van der Waals surface area contributed by atoms with E-state index in [0.29, 0.717) is 0 Å². The normalized spacial score (nSPS) is 36.0. The molecule has 20 heavy (non-hydrogen) atoms. The Labute approximate surface area is 112 Å². The van der Waals surface area contributed by atoms with Gasteiger partial charge < -0.3 is 39.6 Å². The van der Waals surface area contributed by atoms with Gasteiger partial charge in [0.15, 0.2) is 6.29 Å². The maximum Gasteiger partial charge on any atom is 0.472 e. The maximum atomic E-state index is 10.6. The molecular weight excluding hydrogens is 326 g/mol. The summed E-state index contributed by atoms with van der Waals surface area (Å²) in [7, 11) is -9.95. The Kier molecular flexibility index (Phi) is 5.83. The number of hydrogen-bond acceptors (Lipinski definition) is 8. The third-order valence-corrected chi connectivity index (χ3v) is 3.28. The van der Waals surface area contributed by atoms with Gasteiger partial charge in [-0.2, -0.15) is 0 Å². The van der Waals surface area contributed by atoms with E-state index in [1.807, 2.05) is 0 Å². The molecule has 0 radical (unpaired) electrons. The van der Waals surface area contributed by atoms with Crippen molar-refractivity contribution in [3.8, 4) is 0 Å². The molecule has 0 saturated carbocycles. The third-order valence-electron chi connectivity index (χ3n) is 2.32. The van der Waals surface area contributed by atoms with Crippen molar-refractivity contribution < 1.29 is 57.8 Å². The summed E-state index contributed by atoms with van der Waals surface area (Å²) < 4.78 is 33.9. The fourth-order valence-electron chi connectivity index (χ4n) is 1.45. The Morgan fingerprint density at radius 1 is 0.900 bits per heavy atom. The highest BCUT2D eigenvalue weighted by molar-refractivity contribution is 7.46. The summed E-state index contributed by atoms with van der Waals surface area (Å²) in [5, 5.41) is 28.4. The van der Waals surface area contributed by atoms with E-state index in [9.17, 15) is 24.4 Å². The van der Waals surface area contributed by atoms with Crippen molar-refractivity contribution in [2.75, 3.05) is 6.61 Å². The molecule has 0 aromatic heterocycles. The van der Waals surface area contributed by atoms with Crippen molar-refractivity contribution in [2.24, 2.45) is 0 Å². The minimum atomic E-state index is -5.07. The van der Waals surface area contributed by atoms with Gasteiger partial charge in [-0.3, -0.25) is 9.05 Å². The molecule has 1 heterocycles. The molecule has 0 aromatic carbocycles. The quantitative estimate of drug-likeness (QED) is 0.250. The zero-order valence-electron chi connectivity index (χ0n) is 9.66. The summed E-state index contributed by atoms with van der Waals surface area (Å²) >= 11 is 0. The Morgan fingerprint density at radius 3 is 1.90 bits per heavy atom. The molecule has 1 rings (SSSR count). The molecule has 14 heteroatoms. The van der Waals surface area contributed by atoms with E-state index < -0.39 is 53.0 Å². The standard InChI is InChI=1S/C6H14O12P2/c7-3-2(1-16-19(10,11)12)17-6(5(9)4(3)8)18-20(13,14)15/h2-9H,1H2,(H2,10,11,12)(H2,13,14,15)/t2?,3?,4?,5-,6+/m1/s1. The SMILES string of the molecule is O=P(O)(O)OCC1O[C@@H](OP(=O)(O)O)[C@H](O)C(O)C1O. The molecule has 120 valence electrons. The fraction of sp³-hybridized carbons (Fsp3) is 1.00. The molecule has 12 nitrogen and oxygen atoms in total. The van der Waals surface area contributed by atoms with E-state index in [1.54, 1.807) is 0 Å². The lowest BCUT2D eigenvalue weighted by atomic mass is 10.00. The van der Waals surface area contributed by atoms with Crippen LogP contribution in [0.5, 0.6) is 0 Å². The Morgan fingerprint density at radius 2 is 1.45 bits per heavy atom. The van der Waals surface area contributed by atoms with Crippen LogP contribution in [0.15, 0.2) is 0 Å². The van der Waals surface area contributed by atoms with Gasteiger partial charge in [0.05, 0.1) is 6.61 Å². The van der Waals surface area contributed by atoms with Gasteiger partial charge in [-0.05, 0) is 0 Å². The van der Waals surface area contributed by atoms with Gasteiger partial charge in [0.2, 0.25) is 0 Å². The molecule has 0 spiro atoms. The monoisotopic (exact) mass is 340 g/mol. The van der Waals surface area contributed by atoms with E-state index in [4.69, 9.17) is 24.3 Å². The average Bonchev–Trinajstić information content (AvgIpc) is 2.25. The van der Waals surface area contributed by atoms with E-state index in [-0.39, 0.29) is 0 Å². The number of ether oxygens (including phenoxy) is 1. The molecule has 0 bridgehead atoms. The number of hydrogen-bond donors (Lipinski definition) is 7. The summed E-state index contributed by atoms with van der Waals surface area (Å²) in [6.45, 7) is -0.907. The van der Waals surface area contributed by atoms with Crippen molar-refractivity contribution in [1.82, 2.24) is 0 Å². The second kappa shape index (κ2) is 6.44. The molecule has 0 amide bonds. The minimum absolute atomic E-state index is 0.907. The van der Waals surface area contributed by atoms with Gasteiger partial charge in [0.25, 0.3) is 0 Å². The molecular formula is C6H14O12P2. The van der Waals surface area contributed by atoms with Gasteiger partial charge in [-0.1, -0.05) is 0 Å². The number of rotatable bonds is 5. The molecule has 7 N–H and O–H groups in total. The van der Waals surface area contributed by atoms with Crippen molar-refractivity contribution in [3.05, 3.63) is 0 Å². The molecule has 1 saturated heterocycles. The first-order valence-corrected chi connectivity index (χ1v) is 8.10. The topological polar surface area (TPSA) is 203 Å². The second-order valence-corrected chi connectivity index (χ2v) is 6.33. The van der Waals surface area contributed by atoms with Crippen LogP contribution in [0.1, 0.15) is 0 Å². The van der Waals surface area contributed by atoms with Gasteiger partial charge in [0, 0.05) is 0 Å². The van der Waals surface area contributed by atoms with Gasteiger partial charge in [-0.15, -0.1) is 0 Å². The van der Waals surface area contributed by atoms with Crippen molar-refractivity contribution >= 4 is 15.6 Å². The smallest absolute Gasteiger partial charge is 0.387 e. The molecule has 0 aromatic rings. The second-order valence-electron chi connectivity index (χ2n) is 3.90. The first kappa shape index (κ1) is 18.1. The van der Waals surface area contributed by atoms with Crippen molar-refractivity contribution in [3.63, 3.8) is 0 Å². The number of phosphoric acid groups is 2. The molecule has 1 fully saturated rings. The van der Waals surface area contributed by atoms with Crippen LogP contribution >= 0.6 is 15.6 Å². The maximum absolute atomic E-state index is 10.6. The highest BCUT2D eigenvalue weighted by atomic mass is 31.2. The summed E-state index contributed by atoms with van der Waals surface area (Å²) in [6, 6.07) is 0. The lowest BCUT2D eigenvalue weighted by Gasteiger charge is -2.39. The van der Waals surface area contributed by atoms with Crippen LogP contribution in [0, 0.1) is 0 Å². The number of aliphatic hydroxyl groups excluding tert-OH is 3. The minimum Gasteiger partial charge on any atom is -0.387 e. The zero-order valence-corrected chi connectivity index (χ0v) is 11.4. The molecule has 0 aliphatic carbocycles. The van der Waals surface area contributed by atoms with Crippen LogP contribution in [0.2, 0.25) is 0 Å². The molecule has 5 atom stereocenters. The van der Waals surface area contributed by atoms with Crippen molar-refractivity contribution in [1.29, 1.82) is 0 Å². The zero-order chi connectivity index (χ0) is 15.7. The van der Waals surface area contributed by atoms with Crippen LogP contribution < -0.4 is 0 Å². The first-order chi connectivity index (χ1) is 8.91. The third kappa shape index (κ3) is 5.45. The van der Waals surface area contributed by atoms with E-state index in [1.165, 1.54) is 0 Å². The van der Waals surface area contributed by atoms with E-state index in [2.05, 4.69) is 9.05 Å². The highest BCUT2D eigenvalue weighted by Gasteiger charge is 2.47. The van der Waals surface area contributed by atoms with Crippen LogP contribution in [-0.2, 0) is 22.9 Å². The fourth-order valence-corrected chi connectivity index (χ4v) is 2.23. The van der Waals surface area contributed by atoms with Crippen LogP contribution in [0.3, 0.4) is 0 Å². The highest BCUT2D eigenvalue weighted by Crippen LogP contribution is 2.41. The summed E-state index contributed by atoms with van der Waals surface area (Å²) in [5.74, 6) is 0. The average molecular weight is 340 g/mol. The molecule has 1 aliphatic rings. The Bertz CT molecular complexity index is 412. The predicted octanol–water partition coefficient (Wildman–Crippen LogP) is -2.99. The Balaban J connectivity index is 2.76. The summed E-state index contributed by atoms with van der Waals surface area (Å²) in [6.07, 6.45) is -9.32. The van der Waals surface area contributed by atoms with Crippen LogP contribution in [0.25, 0.3) is 0 Å². The van der Waals surface area contributed by atoms with Gasteiger partial charge in [-0.25, -0.2) is 9.13 Å². The lowest BCUT2D eigenvalue weighted by molar-refractivity contribution is -0.279. The largest absolute Gasteiger partial charge is 0.472 e. The Hall–Kier alpha value is 0.0600. The lowest BCUT2D eigenvalue weighted by Crippen LogP contribution is -2.59. The van der Waals surface area contributed by atoms with Crippen LogP contribution in [-0.4, -0.2) is 72.2 Å². The number of phosphoric ester groups is 2. The van der Waals surface area contributed by atoms with Gasteiger partial charge in [0.1, 0.15) is 24.4 Å². The predicted molar refractivity (Wildman–Crippen MR) is 57.8 cm³/mol. The number of aliphatic hydroxyl groups is 3. The molecule has 3 unspecified atom stereocenters. The first-order valence-electron chi connectivity index (χ1n) is 5.04. The summed E-state index contributed by atoms with van der Waals surface area (Å²) in [4.78, 5) is 34.1. The molecule has 1 aliphatic heterocycles. The van der Waals surface area contributed by atoms with Gasteiger partial charge >= 0.3 is 15.6 Å². The van der Waals surface area contributed by atoms with Crippen LogP contribution in [0.4, 0.5) is 0 Å². The van der Waals surface area contributed by atoms with E-state index in [0.717, 1.165) is 0 Å². The van der Waals surface area contributed by atoms with Crippen molar-refractivity contribution in [2.45, 2.75) is 30.7 Å².